The lowest BCUT2D eigenvalue weighted by molar-refractivity contribution is -0.119. The predicted molar refractivity (Wildman–Crippen MR) is 99.6 cm³/mol. The van der Waals surface area contributed by atoms with Crippen molar-refractivity contribution in [1.29, 1.82) is 0 Å². The van der Waals surface area contributed by atoms with E-state index in [1.807, 2.05) is 66.7 Å². The second-order valence-electron chi connectivity index (χ2n) is 6.00. The Hall–Kier alpha value is -3.37. The van der Waals surface area contributed by atoms with E-state index in [9.17, 15) is 9.90 Å². The molecule has 4 rings (SSSR count). The molecule has 0 radical (unpaired) electrons. The predicted octanol–water partition coefficient (Wildman–Crippen LogP) is 3.66. The van der Waals surface area contributed by atoms with Crippen LogP contribution in [0.2, 0.25) is 0 Å². The number of carbonyl (C=O) groups excluding carboxylic acids is 1. The lowest BCUT2D eigenvalue weighted by Crippen LogP contribution is -2.49. The average Bonchev–Trinajstić information content (AvgIpc) is 3.08. The van der Waals surface area contributed by atoms with E-state index < -0.39 is 11.7 Å². The zero-order valence-electron chi connectivity index (χ0n) is 13.9. The first-order valence-electron chi connectivity index (χ1n) is 8.32. The van der Waals surface area contributed by atoms with Crippen LogP contribution in [0.3, 0.4) is 0 Å². The van der Waals surface area contributed by atoms with Gasteiger partial charge in [0.2, 0.25) is 0 Å². The molecular weight excluding hydrogens is 326 g/mol. The molecule has 128 valence electrons. The molecule has 4 heteroatoms. The van der Waals surface area contributed by atoms with Crippen LogP contribution in [-0.4, -0.2) is 16.8 Å². The Kier molecular flexibility index (Phi) is 4.03. The van der Waals surface area contributed by atoms with Crippen LogP contribution in [0.5, 0.6) is 0 Å². The van der Waals surface area contributed by atoms with Crippen molar-refractivity contribution in [2.75, 3.05) is 0 Å². The summed E-state index contributed by atoms with van der Waals surface area (Å²) < 4.78 is 5.79. The minimum absolute atomic E-state index is 0.365. The highest BCUT2D eigenvalue weighted by atomic mass is 16.7. The summed E-state index contributed by atoms with van der Waals surface area (Å²) in [7, 11) is 0. The first-order valence-corrected chi connectivity index (χ1v) is 8.32. The Bertz CT molecular complexity index is 899. The van der Waals surface area contributed by atoms with Crippen molar-refractivity contribution in [2.45, 2.75) is 5.91 Å². The number of nitrogens with one attached hydrogen (secondary N) is 1. The van der Waals surface area contributed by atoms with Crippen LogP contribution in [0.4, 0.5) is 0 Å². The highest BCUT2D eigenvalue weighted by molar-refractivity contribution is 6.05. The van der Waals surface area contributed by atoms with Gasteiger partial charge >= 0.3 is 5.91 Å². The van der Waals surface area contributed by atoms with E-state index in [0.29, 0.717) is 17.0 Å². The first kappa shape index (κ1) is 16.1. The van der Waals surface area contributed by atoms with E-state index >= 15 is 0 Å². The van der Waals surface area contributed by atoms with Gasteiger partial charge in [-0.3, -0.25) is 4.79 Å². The molecule has 0 spiro atoms. The van der Waals surface area contributed by atoms with Crippen LogP contribution in [0.25, 0.3) is 11.5 Å². The number of carbonyl (C=O) groups is 1. The normalized spacial score (nSPS) is 19.0. The van der Waals surface area contributed by atoms with Crippen molar-refractivity contribution in [2.24, 2.45) is 0 Å². The summed E-state index contributed by atoms with van der Waals surface area (Å²) in [5.74, 6) is -2.27. The number of rotatable bonds is 4. The van der Waals surface area contributed by atoms with Crippen molar-refractivity contribution < 1.29 is 14.6 Å². The van der Waals surface area contributed by atoms with Gasteiger partial charge in [0.05, 0.1) is 5.70 Å². The quantitative estimate of drug-likeness (QED) is 0.710. The molecule has 4 nitrogen and oxygen atoms in total. The molecule has 1 unspecified atom stereocenters. The molecule has 1 aliphatic rings. The maximum atomic E-state index is 12.9. The molecule has 3 aromatic rings. The van der Waals surface area contributed by atoms with Crippen molar-refractivity contribution >= 4 is 17.2 Å². The van der Waals surface area contributed by atoms with Gasteiger partial charge in [0.25, 0.3) is 5.78 Å². The summed E-state index contributed by atoms with van der Waals surface area (Å²) in [5, 5.41) is 13.8. The third-order valence-electron chi connectivity index (χ3n) is 4.21. The molecule has 0 fully saturated rings. The van der Waals surface area contributed by atoms with E-state index in [2.05, 4.69) is 5.32 Å². The molecule has 3 aromatic carbocycles. The number of benzene rings is 3. The number of ether oxygens (including phenoxy) is 1. The van der Waals surface area contributed by atoms with Crippen molar-refractivity contribution in [3.05, 3.63) is 108 Å². The monoisotopic (exact) mass is 343 g/mol. The van der Waals surface area contributed by atoms with Gasteiger partial charge in [-0.25, -0.2) is 0 Å². The molecule has 0 saturated heterocycles. The zero-order valence-corrected chi connectivity index (χ0v) is 13.9. The molecule has 2 N–H and O–H groups in total. The molecule has 0 amide bonds. The van der Waals surface area contributed by atoms with E-state index in [-0.39, 0.29) is 0 Å². The Labute approximate surface area is 151 Å². The topological polar surface area (TPSA) is 58.6 Å². The molecule has 0 bridgehead atoms. The fourth-order valence-electron chi connectivity index (χ4n) is 2.94. The molecule has 1 aliphatic heterocycles. The fraction of sp³-hybridized carbons (Fsp3) is 0.0455. The smallest absolute Gasteiger partial charge is 0.358 e. The van der Waals surface area contributed by atoms with E-state index in [1.54, 1.807) is 24.3 Å². The van der Waals surface area contributed by atoms with Gasteiger partial charge < -0.3 is 15.2 Å². The molecule has 1 atom stereocenters. The Morgan fingerprint density at radius 3 is 1.85 bits per heavy atom. The summed E-state index contributed by atoms with van der Waals surface area (Å²) >= 11 is 0. The minimum atomic E-state index is -2.16. The lowest BCUT2D eigenvalue weighted by Gasteiger charge is -2.22. The molecule has 0 aliphatic carbocycles. The number of hydrogen-bond acceptors (Lipinski definition) is 4. The van der Waals surface area contributed by atoms with E-state index in [4.69, 9.17) is 4.74 Å². The second-order valence-corrected chi connectivity index (χ2v) is 6.00. The van der Waals surface area contributed by atoms with Gasteiger partial charge in [-0.15, -0.1) is 0 Å². The van der Waals surface area contributed by atoms with Crippen LogP contribution in [0, 0.1) is 0 Å². The van der Waals surface area contributed by atoms with Crippen molar-refractivity contribution in [3.63, 3.8) is 0 Å². The number of aliphatic hydroxyl groups is 1. The maximum absolute atomic E-state index is 12.9. The maximum Gasteiger partial charge on any atom is 0.358 e. The summed E-state index contributed by atoms with van der Waals surface area (Å²) in [6.07, 6.45) is 0. The Morgan fingerprint density at radius 2 is 1.27 bits per heavy atom. The summed E-state index contributed by atoms with van der Waals surface area (Å²) in [6.45, 7) is 0. The SMILES string of the molecule is O=C(c1ccccc1)C1(O)NC(c2ccccc2)=C(c2ccccc2)O1. The number of Topliss-reactive ketones (excluding diaryl/α,β-unsaturated/α-hetero) is 1. The van der Waals surface area contributed by atoms with Crippen LogP contribution >= 0.6 is 0 Å². The lowest BCUT2D eigenvalue weighted by atomic mass is 10.1. The summed E-state index contributed by atoms with van der Waals surface area (Å²) in [5.41, 5.74) is 2.53. The zero-order chi connectivity index (χ0) is 18.0. The number of hydrogen-bond donors (Lipinski definition) is 2. The van der Waals surface area contributed by atoms with Crippen LogP contribution in [0.1, 0.15) is 21.5 Å². The third kappa shape index (κ3) is 2.87. The van der Waals surface area contributed by atoms with Crippen LogP contribution in [0.15, 0.2) is 91.0 Å². The molecular formula is C22H17NO3. The first-order chi connectivity index (χ1) is 12.7. The Balaban J connectivity index is 1.77. The van der Waals surface area contributed by atoms with Crippen LogP contribution < -0.4 is 5.32 Å². The molecule has 0 saturated carbocycles. The molecule has 1 heterocycles. The second kappa shape index (κ2) is 6.50. The van der Waals surface area contributed by atoms with Crippen molar-refractivity contribution in [3.8, 4) is 0 Å². The summed E-state index contributed by atoms with van der Waals surface area (Å²) in [6, 6.07) is 27.5. The van der Waals surface area contributed by atoms with Gasteiger partial charge in [-0.1, -0.05) is 91.0 Å². The minimum Gasteiger partial charge on any atom is -0.435 e. The van der Waals surface area contributed by atoms with Gasteiger partial charge in [0.15, 0.2) is 5.76 Å². The van der Waals surface area contributed by atoms with E-state index in [1.165, 1.54) is 0 Å². The molecule has 0 aromatic heterocycles. The highest BCUT2D eigenvalue weighted by Crippen LogP contribution is 2.36. The van der Waals surface area contributed by atoms with Gasteiger partial charge in [0, 0.05) is 16.7 Å². The van der Waals surface area contributed by atoms with Crippen LogP contribution in [-0.2, 0) is 4.74 Å². The standard InChI is InChI=1S/C22H17NO3/c24-21(18-14-8-3-9-15-18)22(25)23-19(16-10-4-1-5-11-16)20(26-22)17-12-6-2-7-13-17/h1-15,23,25H. The van der Waals surface area contributed by atoms with Gasteiger partial charge in [-0.2, -0.15) is 0 Å². The summed E-state index contributed by atoms with van der Waals surface area (Å²) in [4.78, 5) is 12.9. The average molecular weight is 343 g/mol. The van der Waals surface area contributed by atoms with Gasteiger partial charge in [0.1, 0.15) is 0 Å². The molecule has 26 heavy (non-hydrogen) atoms. The number of ketones is 1. The van der Waals surface area contributed by atoms with E-state index in [0.717, 1.165) is 11.1 Å². The largest absolute Gasteiger partial charge is 0.435 e. The highest BCUT2D eigenvalue weighted by Gasteiger charge is 2.46. The fourth-order valence-corrected chi connectivity index (χ4v) is 2.94. The van der Waals surface area contributed by atoms with Crippen molar-refractivity contribution in [1.82, 2.24) is 5.32 Å². The Morgan fingerprint density at radius 1 is 0.769 bits per heavy atom. The van der Waals surface area contributed by atoms with Gasteiger partial charge in [-0.05, 0) is 0 Å². The third-order valence-corrected chi connectivity index (χ3v) is 4.21.